The fraction of sp³-hybridized carbons (Fsp3) is 0.700. The third-order valence-corrected chi connectivity index (χ3v) is 2.82. The highest BCUT2D eigenvalue weighted by Gasteiger charge is 2.22. The summed E-state index contributed by atoms with van der Waals surface area (Å²) in [5.41, 5.74) is 6.81. The molecule has 2 rings (SSSR count). The van der Waals surface area contributed by atoms with E-state index in [1.54, 1.807) is 0 Å². The zero-order chi connectivity index (χ0) is 9.26. The molecule has 1 aromatic heterocycles. The van der Waals surface area contributed by atoms with Crippen LogP contribution in [-0.4, -0.2) is 11.2 Å². The number of aromatic nitrogens is 1. The second kappa shape index (κ2) is 3.50. The van der Waals surface area contributed by atoms with Gasteiger partial charge in [-0.1, -0.05) is 5.16 Å². The topological polar surface area (TPSA) is 52.0 Å². The number of aryl methyl sites for hydroxylation is 1. The van der Waals surface area contributed by atoms with Gasteiger partial charge in [0.15, 0.2) is 0 Å². The molecule has 0 amide bonds. The molecule has 72 valence electrons. The van der Waals surface area contributed by atoms with E-state index in [0.29, 0.717) is 12.0 Å². The van der Waals surface area contributed by atoms with E-state index in [0.717, 1.165) is 37.1 Å². The van der Waals surface area contributed by atoms with Crippen molar-refractivity contribution in [3.63, 3.8) is 0 Å². The lowest BCUT2D eigenvalue weighted by Gasteiger charge is -2.23. The summed E-state index contributed by atoms with van der Waals surface area (Å²) in [6.07, 6.45) is 4.53. The van der Waals surface area contributed by atoms with Crippen LogP contribution in [0, 0.1) is 6.92 Å². The molecule has 0 aliphatic heterocycles. The normalized spacial score (nSPS) is 29.1. The molecule has 1 fully saturated rings. The molecule has 0 aromatic carbocycles. The van der Waals surface area contributed by atoms with Crippen LogP contribution < -0.4 is 5.73 Å². The van der Waals surface area contributed by atoms with E-state index in [-0.39, 0.29) is 0 Å². The zero-order valence-corrected chi connectivity index (χ0v) is 7.99. The maximum absolute atomic E-state index is 5.83. The van der Waals surface area contributed by atoms with E-state index in [1.807, 2.05) is 13.0 Å². The first-order valence-electron chi connectivity index (χ1n) is 4.94. The minimum atomic E-state index is 0.403. The summed E-state index contributed by atoms with van der Waals surface area (Å²) >= 11 is 0. The Kier molecular flexibility index (Phi) is 2.36. The maximum atomic E-state index is 5.83. The molecule has 1 aromatic rings. The van der Waals surface area contributed by atoms with Crippen LogP contribution in [0.4, 0.5) is 0 Å². The highest BCUT2D eigenvalue weighted by atomic mass is 16.5. The molecule has 1 aliphatic rings. The quantitative estimate of drug-likeness (QED) is 0.718. The first-order chi connectivity index (χ1) is 6.25. The van der Waals surface area contributed by atoms with Crippen LogP contribution in [0.3, 0.4) is 0 Å². The summed E-state index contributed by atoms with van der Waals surface area (Å²) in [5.74, 6) is 1.60. The van der Waals surface area contributed by atoms with E-state index >= 15 is 0 Å². The molecule has 0 spiro atoms. The van der Waals surface area contributed by atoms with Crippen molar-refractivity contribution in [3.05, 3.63) is 17.5 Å². The lowest BCUT2D eigenvalue weighted by atomic mass is 9.85. The average Bonchev–Trinajstić information content (AvgIpc) is 2.53. The summed E-state index contributed by atoms with van der Waals surface area (Å²) in [7, 11) is 0. The molecule has 1 heterocycles. The van der Waals surface area contributed by atoms with Gasteiger partial charge in [-0.25, -0.2) is 0 Å². The summed E-state index contributed by atoms with van der Waals surface area (Å²) in [5, 5.41) is 3.90. The standard InChI is InChI=1S/C10H16N2O/c1-7-6-10(13-12-7)8-2-4-9(11)5-3-8/h6,8-9H,2-5,11H2,1H3. The summed E-state index contributed by atoms with van der Waals surface area (Å²) in [4.78, 5) is 0. The predicted octanol–water partition coefficient (Wildman–Crippen LogP) is 1.97. The van der Waals surface area contributed by atoms with Crippen molar-refractivity contribution in [1.82, 2.24) is 5.16 Å². The van der Waals surface area contributed by atoms with Crippen molar-refractivity contribution in [2.45, 2.75) is 44.6 Å². The van der Waals surface area contributed by atoms with E-state index in [4.69, 9.17) is 10.3 Å². The number of nitrogens with two attached hydrogens (primary N) is 1. The van der Waals surface area contributed by atoms with Crippen molar-refractivity contribution in [2.75, 3.05) is 0 Å². The molecule has 1 saturated carbocycles. The third-order valence-electron chi connectivity index (χ3n) is 2.82. The Balaban J connectivity index is 2.02. The molecular formula is C10H16N2O. The Labute approximate surface area is 78.3 Å². The number of hydrogen-bond donors (Lipinski definition) is 1. The van der Waals surface area contributed by atoms with Crippen LogP contribution in [0.15, 0.2) is 10.6 Å². The van der Waals surface area contributed by atoms with Crippen LogP contribution in [0.5, 0.6) is 0 Å². The van der Waals surface area contributed by atoms with Crippen molar-refractivity contribution in [2.24, 2.45) is 5.73 Å². The SMILES string of the molecule is Cc1cc(C2CCC(N)CC2)on1. The Morgan fingerprint density at radius 3 is 2.62 bits per heavy atom. The molecule has 0 bridgehead atoms. The van der Waals surface area contributed by atoms with Crippen molar-refractivity contribution < 1.29 is 4.52 Å². The molecule has 3 heteroatoms. The number of nitrogens with zero attached hydrogens (tertiary/aromatic N) is 1. The van der Waals surface area contributed by atoms with Gasteiger partial charge >= 0.3 is 0 Å². The van der Waals surface area contributed by atoms with Crippen LogP contribution in [-0.2, 0) is 0 Å². The molecule has 0 atom stereocenters. The Hall–Kier alpha value is -0.830. The van der Waals surface area contributed by atoms with E-state index in [1.165, 1.54) is 0 Å². The van der Waals surface area contributed by atoms with E-state index in [2.05, 4.69) is 5.16 Å². The molecule has 0 unspecified atom stereocenters. The smallest absolute Gasteiger partial charge is 0.140 e. The lowest BCUT2D eigenvalue weighted by Crippen LogP contribution is -2.25. The molecule has 13 heavy (non-hydrogen) atoms. The highest BCUT2D eigenvalue weighted by molar-refractivity contribution is 5.09. The van der Waals surface area contributed by atoms with Crippen LogP contribution in [0.25, 0.3) is 0 Å². The lowest BCUT2D eigenvalue weighted by molar-refractivity contribution is 0.307. The Bertz CT molecular complexity index is 274. The highest BCUT2D eigenvalue weighted by Crippen LogP contribution is 2.32. The van der Waals surface area contributed by atoms with Gasteiger partial charge in [0, 0.05) is 18.0 Å². The fourth-order valence-corrected chi connectivity index (χ4v) is 1.98. The Morgan fingerprint density at radius 1 is 1.38 bits per heavy atom. The monoisotopic (exact) mass is 180 g/mol. The predicted molar refractivity (Wildman–Crippen MR) is 50.4 cm³/mol. The second-order valence-electron chi connectivity index (χ2n) is 3.98. The van der Waals surface area contributed by atoms with Crippen molar-refractivity contribution >= 4 is 0 Å². The summed E-state index contributed by atoms with van der Waals surface area (Å²) in [6, 6.07) is 2.45. The molecule has 0 saturated heterocycles. The van der Waals surface area contributed by atoms with Crippen molar-refractivity contribution in [1.29, 1.82) is 0 Å². The minimum Gasteiger partial charge on any atom is -0.361 e. The van der Waals surface area contributed by atoms with Crippen molar-refractivity contribution in [3.8, 4) is 0 Å². The van der Waals surface area contributed by atoms with E-state index in [9.17, 15) is 0 Å². The van der Waals surface area contributed by atoms with Gasteiger partial charge in [0.05, 0.1) is 5.69 Å². The first kappa shape index (κ1) is 8.75. The van der Waals surface area contributed by atoms with Gasteiger partial charge in [0.1, 0.15) is 5.76 Å². The number of hydrogen-bond acceptors (Lipinski definition) is 3. The fourth-order valence-electron chi connectivity index (χ4n) is 1.98. The van der Waals surface area contributed by atoms with E-state index < -0.39 is 0 Å². The van der Waals surface area contributed by atoms with Gasteiger partial charge in [-0.05, 0) is 32.6 Å². The maximum Gasteiger partial charge on any atom is 0.140 e. The first-order valence-corrected chi connectivity index (χ1v) is 4.94. The molecule has 1 aliphatic carbocycles. The zero-order valence-electron chi connectivity index (χ0n) is 7.99. The third kappa shape index (κ3) is 1.91. The van der Waals surface area contributed by atoms with Gasteiger partial charge in [-0.3, -0.25) is 0 Å². The van der Waals surface area contributed by atoms with Gasteiger partial charge in [0.25, 0.3) is 0 Å². The van der Waals surface area contributed by atoms with Crippen LogP contribution in [0.2, 0.25) is 0 Å². The van der Waals surface area contributed by atoms with Crippen LogP contribution in [0.1, 0.15) is 43.1 Å². The average molecular weight is 180 g/mol. The largest absolute Gasteiger partial charge is 0.361 e. The minimum absolute atomic E-state index is 0.403. The Morgan fingerprint density at radius 2 is 2.08 bits per heavy atom. The number of rotatable bonds is 1. The van der Waals surface area contributed by atoms with Gasteiger partial charge in [-0.15, -0.1) is 0 Å². The van der Waals surface area contributed by atoms with Gasteiger partial charge < -0.3 is 10.3 Å². The summed E-state index contributed by atoms with van der Waals surface area (Å²) in [6.45, 7) is 1.96. The second-order valence-corrected chi connectivity index (χ2v) is 3.98. The molecule has 3 nitrogen and oxygen atoms in total. The molecule has 0 radical (unpaired) electrons. The van der Waals surface area contributed by atoms with Crippen LogP contribution >= 0.6 is 0 Å². The molecule has 2 N–H and O–H groups in total. The molecular weight excluding hydrogens is 164 g/mol. The summed E-state index contributed by atoms with van der Waals surface area (Å²) < 4.78 is 5.25. The van der Waals surface area contributed by atoms with Gasteiger partial charge in [0.2, 0.25) is 0 Å². The van der Waals surface area contributed by atoms with Gasteiger partial charge in [-0.2, -0.15) is 0 Å².